The number of anilines is 1. The number of aliphatic hydroxyl groups is 2. The van der Waals surface area contributed by atoms with Crippen LogP contribution in [0.15, 0.2) is 12.7 Å². The number of ketones is 1. The van der Waals surface area contributed by atoms with E-state index in [1.165, 1.54) is 25.6 Å². The highest BCUT2D eigenvalue weighted by Gasteiger charge is 2.47. The molecule has 29 heteroatoms. The number of hydrogen-bond acceptors (Lipinski definition) is 23. The second kappa shape index (κ2) is 24.5. The van der Waals surface area contributed by atoms with E-state index in [4.69, 9.17) is 16.2 Å². The maximum Gasteiger partial charge on any atom is 0.274 e. The van der Waals surface area contributed by atoms with Crippen LogP contribution in [0.4, 0.5) is 5.82 Å². The molecule has 0 radical (unpaired) electrons. The minimum Gasteiger partial charge on any atom is -0.790 e. The van der Waals surface area contributed by atoms with Gasteiger partial charge in [0.1, 0.15) is 42.0 Å². The number of hydrogen-bond donors (Lipinski definition) is 6. The van der Waals surface area contributed by atoms with E-state index in [0.29, 0.717) is 24.5 Å². The Morgan fingerprint density at radius 3 is 2.30 bits per heavy atom. The lowest BCUT2D eigenvalue weighted by molar-refractivity contribution is -0.347. The predicted molar refractivity (Wildman–Crippen MR) is 209 cm³/mol. The molecule has 1 aliphatic heterocycles. The number of carbonyl (C=O) groups is 3. The van der Waals surface area contributed by atoms with Crippen LogP contribution in [0.3, 0.4) is 0 Å². The molecule has 7 unspecified atom stereocenters. The molecule has 1 saturated heterocycles. The summed E-state index contributed by atoms with van der Waals surface area (Å²) in [6.07, 6.45) is 0.394. The van der Waals surface area contributed by atoms with Crippen molar-refractivity contribution in [3.63, 3.8) is 0 Å². The first-order chi connectivity index (χ1) is 28.6. The molecule has 25 nitrogen and oxygen atoms in total. The summed E-state index contributed by atoms with van der Waals surface area (Å²) in [4.78, 5) is 96.4. The van der Waals surface area contributed by atoms with Crippen molar-refractivity contribution >= 4 is 69.8 Å². The first-order valence-electron chi connectivity index (χ1n) is 19.2. The van der Waals surface area contributed by atoms with Gasteiger partial charge in [-0.05, 0) is 19.4 Å². The fourth-order valence-corrected chi connectivity index (χ4v) is 9.29. The zero-order valence-corrected chi connectivity index (χ0v) is 37.1. The molecule has 0 aliphatic carbocycles. The average Bonchev–Trinajstić information content (AvgIpc) is 3.73. The molecule has 3 rings (SSSR count). The summed E-state index contributed by atoms with van der Waals surface area (Å²) in [5.74, 6) is -0.496. The second-order valence-electron chi connectivity index (χ2n) is 14.6. The number of nitrogens with one attached hydrogen (secondary N) is 2. The molecule has 0 aromatic carbocycles. The molecule has 0 spiro atoms. The number of phosphoric ester groups is 3. The molecule has 8 N–H and O–H groups in total. The Morgan fingerprint density at radius 1 is 0.967 bits per heavy atom. The Bertz CT molecular complexity index is 1890. The summed E-state index contributed by atoms with van der Waals surface area (Å²) >= 11 is 1.40. The van der Waals surface area contributed by atoms with Gasteiger partial charge in [0.05, 0.1) is 33.1 Å². The Balaban J connectivity index is 1.38. The molecule has 1 aliphatic rings. The average molecular weight is 947 g/mol. The van der Waals surface area contributed by atoms with Gasteiger partial charge in [-0.1, -0.05) is 46.0 Å². The highest BCUT2D eigenvalue weighted by atomic mass is 32.2. The number of Topliss-reactive ketones (excluding diaryl/α,β-unsaturated/α-hetero) is 1. The van der Waals surface area contributed by atoms with Gasteiger partial charge in [0.2, 0.25) is 11.8 Å². The lowest BCUT2D eigenvalue weighted by Gasteiger charge is -2.36. The zero-order chi connectivity index (χ0) is 45.4. The van der Waals surface area contributed by atoms with Gasteiger partial charge in [0.15, 0.2) is 17.7 Å². The number of ether oxygens (including phenoxy) is 1. The first-order valence-corrected chi connectivity index (χ1v) is 24.7. The van der Waals surface area contributed by atoms with Crippen molar-refractivity contribution in [2.24, 2.45) is 11.1 Å². The van der Waals surface area contributed by atoms with Gasteiger partial charge in [0.25, 0.3) is 15.6 Å². The van der Waals surface area contributed by atoms with Crippen LogP contribution in [0, 0.1) is 5.41 Å². The van der Waals surface area contributed by atoms with Gasteiger partial charge >= 0.3 is 0 Å². The van der Waals surface area contributed by atoms with Gasteiger partial charge < -0.3 is 74.8 Å². The zero-order valence-electron chi connectivity index (χ0n) is 33.6. The number of nitrogen functional groups attached to an aromatic ring is 1. The number of phosphoric acid groups is 3. The Hall–Kier alpha value is -2.48. The van der Waals surface area contributed by atoms with Crippen molar-refractivity contribution in [1.82, 2.24) is 30.2 Å². The van der Waals surface area contributed by atoms with E-state index in [0.717, 1.165) is 62.2 Å². The fourth-order valence-electron chi connectivity index (χ4n) is 5.79. The lowest BCUT2D eigenvalue weighted by Crippen LogP contribution is -2.46. The molecule has 0 saturated carbocycles. The quantitative estimate of drug-likeness (QED) is 0.0374. The van der Waals surface area contributed by atoms with Gasteiger partial charge in [-0.15, -0.1) is 0 Å². The van der Waals surface area contributed by atoms with Crippen LogP contribution in [0.2, 0.25) is 0 Å². The first kappa shape index (κ1) is 52.9. The molecule has 7 atom stereocenters. The number of unbranched alkanes of at least 4 members (excludes halogenated alkanes) is 6. The topological polar surface area (TPSA) is 401 Å². The third-order valence-electron chi connectivity index (χ3n) is 9.04. The van der Waals surface area contributed by atoms with E-state index in [2.05, 4.69) is 43.5 Å². The van der Waals surface area contributed by atoms with Gasteiger partial charge in [-0.3, -0.25) is 28.1 Å². The van der Waals surface area contributed by atoms with Crippen molar-refractivity contribution < 1.29 is 80.5 Å². The normalized spacial score (nSPS) is 20.9. The molecule has 0 bridgehead atoms. The van der Waals surface area contributed by atoms with Crippen LogP contribution in [-0.2, 0) is 50.7 Å². The van der Waals surface area contributed by atoms with Crippen molar-refractivity contribution in [2.75, 3.05) is 50.1 Å². The Labute approximate surface area is 355 Å². The van der Waals surface area contributed by atoms with Crippen LogP contribution in [0.5, 0.6) is 0 Å². The largest absolute Gasteiger partial charge is 0.790 e. The lowest BCUT2D eigenvalue weighted by atomic mass is 9.87. The minimum absolute atomic E-state index is 0.0196. The molecular weight excluding hydrogens is 893 g/mol. The molecule has 1 fully saturated rings. The van der Waals surface area contributed by atoms with Crippen molar-refractivity contribution in [1.29, 1.82) is 0 Å². The predicted octanol–water partition coefficient (Wildman–Crippen LogP) is -1.74. The van der Waals surface area contributed by atoms with E-state index >= 15 is 0 Å². The van der Waals surface area contributed by atoms with Crippen molar-refractivity contribution in [3.8, 4) is 0 Å². The summed E-state index contributed by atoms with van der Waals surface area (Å²) in [6, 6.07) is 0. The smallest absolute Gasteiger partial charge is 0.274 e. The van der Waals surface area contributed by atoms with E-state index in [9.17, 15) is 57.9 Å². The van der Waals surface area contributed by atoms with Crippen molar-refractivity contribution in [2.45, 2.75) is 102 Å². The maximum absolute atomic E-state index is 12.6. The number of nitrogens with two attached hydrogens (primary N) is 2. The van der Waals surface area contributed by atoms with E-state index < -0.39 is 84.6 Å². The fraction of sp³-hybridized carbons (Fsp3) is 0.750. The van der Waals surface area contributed by atoms with Crippen LogP contribution < -0.4 is 41.7 Å². The summed E-state index contributed by atoms with van der Waals surface area (Å²) in [5.41, 5.74) is 9.57. The standard InChI is InChI=1S/C32H57N8O17P3S/c1-32(2,27(44)30(45)36-13-11-23(42)35-14-15-61-17-21(41)10-8-6-4-3-5-7-9-12-33)18-54-60(51,52)57-59(49,50)53-16-22-26(56-58(46,47)48)25(43)31(55-22)40-20-39-24-28(34)37-19-38-29(24)40/h19-20,22,25-27,31,43-44H,3-18,33H2,1-2H3,(H,35,42)(H,36,45)(H,49,50)(H,51,52)(H2,34,37,38)(H2,46,47,48)/p-4. The van der Waals surface area contributed by atoms with Crippen LogP contribution in [0.1, 0.15) is 77.9 Å². The van der Waals surface area contributed by atoms with Crippen LogP contribution in [-0.4, -0.2) is 116 Å². The molecule has 3 heterocycles. The van der Waals surface area contributed by atoms with Gasteiger partial charge in [0, 0.05) is 37.1 Å². The third-order valence-corrected chi connectivity index (χ3v) is 13.1. The molecule has 2 aromatic rings. The van der Waals surface area contributed by atoms with E-state index in [1.807, 2.05) is 0 Å². The number of nitrogens with zero attached hydrogens (tertiary/aromatic N) is 4. The summed E-state index contributed by atoms with van der Waals surface area (Å²) in [7, 11) is -17.6. The SMILES string of the molecule is CC(C)(COP(=O)([O-])OP(=O)([O-])OCC1OC(n2cnc3c(N)ncnc32)C(O)C1OP(=O)([O-])[O-])C(O)C(=O)NCCC(=O)NCCSCC(=O)CCCCCCCCCN. The monoisotopic (exact) mass is 946 g/mol. The Kier molecular flexibility index (Phi) is 21.3. The summed E-state index contributed by atoms with van der Waals surface area (Å²) in [6.45, 7) is 0.954. The highest BCUT2D eigenvalue weighted by molar-refractivity contribution is 7.99. The molecular formula is C32H53N8O17P3S-4. The number of imidazole rings is 1. The molecule has 348 valence electrons. The van der Waals surface area contributed by atoms with Crippen molar-refractivity contribution in [3.05, 3.63) is 12.7 Å². The van der Waals surface area contributed by atoms with Gasteiger partial charge in [-0.25, -0.2) is 19.3 Å². The maximum atomic E-state index is 12.6. The number of aliphatic hydroxyl groups excluding tert-OH is 2. The van der Waals surface area contributed by atoms with Gasteiger partial charge in [-0.2, -0.15) is 11.8 Å². The number of rotatable bonds is 30. The number of thioether (sulfide) groups is 1. The highest BCUT2D eigenvalue weighted by Crippen LogP contribution is 2.56. The van der Waals surface area contributed by atoms with E-state index in [-0.39, 0.29) is 42.3 Å². The summed E-state index contributed by atoms with van der Waals surface area (Å²) in [5, 5.41) is 26.4. The van der Waals surface area contributed by atoms with Crippen LogP contribution >= 0.6 is 35.2 Å². The Morgan fingerprint density at radius 2 is 1.62 bits per heavy atom. The second-order valence-corrected chi connectivity index (χ2v) is 19.8. The number of amides is 2. The summed E-state index contributed by atoms with van der Waals surface area (Å²) < 4.78 is 60.7. The molecule has 61 heavy (non-hydrogen) atoms. The molecule has 2 amide bonds. The minimum atomic E-state index is -5.91. The van der Waals surface area contributed by atoms with E-state index in [1.54, 1.807) is 0 Å². The molecule has 2 aromatic heterocycles. The number of carbonyl (C=O) groups excluding carboxylic acids is 3. The number of aromatic nitrogens is 4. The third kappa shape index (κ3) is 18.3. The van der Waals surface area contributed by atoms with Crippen LogP contribution in [0.25, 0.3) is 11.2 Å². The number of fused-ring (bicyclic) bond motifs is 1.